The second kappa shape index (κ2) is 6.38. The SMILES string of the molecule is CCOC(=O)C1(C/C(C)=N/NC(N)=S)CC(C)(C)OC1=O. The molecule has 0 radical (unpaired) electrons. The molecule has 3 N–H and O–H groups in total. The predicted molar refractivity (Wildman–Crippen MR) is 81.5 cm³/mol. The van der Waals surface area contributed by atoms with Crippen molar-refractivity contribution in [1.29, 1.82) is 0 Å². The lowest BCUT2D eigenvalue weighted by Crippen LogP contribution is -2.40. The van der Waals surface area contributed by atoms with Crippen LogP contribution in [0.25, 0.3) is 0 Å². The van der Waals surface area contributed by atoms with Crippen molar-refractivity contribution in [2.45, 2.75) is 46.1 Å². The topological polar surface area (TPSA) is 103 Å². The fourth-order valence-corrected chi connectivity index (χ4v) is 2.49. The Balaban J connectivity index is 3.05. The standard InChI is InChI=1S/C13H21N3O4S/c1-5-19-9(17)13(6-8(2)15-16-11(14)21)7-12(3,4)20-10(13)18/h5-7H2,1-4H3,(H3,14,16,21)/b15-8+. The van der Waals surface area contributed by atoms with Gasteiger partial charge in [-0.05, 0) is 39.9 Å². The van der Waals surface area contributed by atoms with Crippen molar-refractivity contribution >= 4 is 35.0 Å². The maximum atomic E-state index is 12.3. The summed E-state index contributed by atoms with van der Waals surface area (Å²) in [7, 11) is 0. The lowest BCUT2D eigenvalue weighted by atomic mass is 9.77. The molecule has 0 aliphatic carbocycles. The molecule has 1 aliphatic rings. The minimum absolute atomic E-state index is 0.00821. The summed E-state index contributed by atoms with van der Waals surface area (Å²) < 4.78 is 10.3. The molecule has 0 aromatic heterocycles. The van der Waals surface area contributed by atoms with Crippen LogP contribution in [0.1, 0.15) is 40.5 Å². The molecule has 0 saturated carbocycles. The van der Waals surface area contributed by atoms with Crippen molar-refractivity contribution in [2.24, 2.45) is 16.3 Å². The van der Waals surface area contributed by atoms with Gasteiger partial charge in [0.25, 0.3) is 0 Å². The maximum absolute atomic E-state index is 12.3. The van der Waals surface area contributed by atoms with Crippen LogP contribution in [0, 0.1) is 5.41 Å². The summed E-state index contributed by atoms with van der Waals surface area (Å²) in [5.41, 5.74) is 6.14. The van der Waals surface area contributed by atoms with Gasteiger partial charge in [-0.3, -0.25) is 15.0 Å². The highest BCUT2D eigenvalue weighted by Crippen LogP contribution is 2.44. The molecule has 1 rings (SSSR count). The van der Waals surface area contributed by atoms with Gasteiger partial charge in [-0.1, -0.05) is 0 Å². The molecule has 1 heterocycles. The van der Waals surface area contributed by atoms with Gasteiger partial charge in [0.15, 0.2) is 10.5 Å². The first kappa shape index (κ1) is 17.4. The lowest BCUT2D eigenvalue weighted by molar-refractivity contribution is -0.165. The smallest absolute Gasteiger partial charge is 0.324 e. The number of rotatable bonds is 5. The first-order valence-corrected chi connectivity index (χ1v) is 7.03. The van der Waals surface area contributed by atoms with Crippen LogP contribution in [0.3, 0.4) is 0 Å². The van der Waals surface area contributed by atoms with E-state index in [0.29, 0.717) is 5.71 Å². The number of esters is 2. The predicted octanol–water partition coefficient (Wildman–Crippen LogP) is 0.861. The van der Waals surface area contributed by atoms with Crippen LogP contribution in [-0.2, 0) is 19.1 Å². The Kier molecular flexibility index (Phi) is 5.27. The normalized spacial score (nSPS) is 24.4. The van der Waals surface area contributed by atoms with Crippen LogP contribution >= 0.6 is 12.2 Å². The largest absolute Gasteiger partial charge is 0.465 e. The lowest BCUT2D eigenvalue weighted by Gasteiger charge is -2.23. The molecule has 0 aromatic carbocycles. The van der Waals surface area contributed by atoms with Crippen molar-refractivity contribution in [3.05, 3.63) is 0 Å². The van der Waals surface area contributed by atoms with Crippen LogP contribution < -0.4 is 11.2 Å². The van der Waals surface area contributed by atoms with E-state index >= 15 is 0 Å². The number of thiocarbonyl (C=S) groups is 1. The molecule has 118 valence electrons. The van der Waals surface area contributed by atoms with E-state index in [2.05, 4.69) is 22.7 Å². The maximum Gasteiger partial charge on any atom is 0.324 e. The third kappa shape index (κ3) is 4.13. The average molecular weight is 315 g/mol. The van der Waals surface area contributed by atoms with Gasteiger partial charge < -0.3 is 15.2 Å². The minimum atomic E-state index is -1.37. The number of hydrazone groups is 1. The van der Waals surface area contributed by atoms with Crippen molar-refractivity contribution in [3.8, 4) is 0 Å². The van der Waals surface area contributed by atoms with Crippen molar-refractivity contribution in [1.82, 2.24) is 5.43 Å². The number of carbonyl (C=O) groups is 2. The number of cyclic esters (lactones) is 1. The highest BCUT2D eigenvalue weighted by Gasteiger charge is 2.59. The molecule has 7 nitrogen and oxygen atoms in total. The molecular weight excluding hydrogens is 294 g/mol. The molecule has 0 aromatic rings. The highest BCUT2D eigenvalue weighted by molar-refractivity contribution is 7.80. The zero-order chi connectivity index (χ0) is 16.3. The van der Waals surface area contributed by atoms with Gasteiger partial charge in [0.05, 0.1) is 6.61 Å². The Morgan fingerprint density at radius 1 is 1.57 bits per heavy atom. The number of nitrogens with two attached hydrogens (primary N) is 1. The van der Waals surface area contributed by atoms with Gasteiger partial charge in [-0.15, -0.1) is 0 Å². The summed E-state index contributed by atoms with van der Waals surface area (Å²) in [5.74, 6) is -1.18. The molecule has 21 heavy (non-hydrogen) atoms. The van der Waals surface area contributed by atoms with Gasteiger partial charge in [-0.2, -0.15) is 5.10 Å². The zero-order valence-electron chi connectivity index (χ0n) is 12.7. The van der Waals surface area contributed by atoms with E-state index in [9.17, 15) is 9.59 Å². The zero-order valence-corrected chi connectivity index (χ0v) is 13.5. The Hall–Kier alpha value is -1.70. The summed E-state index contributed by atoms with van der Waals surface area (Å²) in [4.78, 5) is 24.5. The Morgan fingerprint density at radius 2 is 2.19 bits per heavy atom. The minimum Gasteiger partial charge on any atom is -0.465 e. The summed E-state index contributed by atoms with van der Waals surface area (Å²) in [5, 5.41) is 3.95. The van der Waals surface area contributed by atoms with Crippen LogP contribution in [0.2, 0.25) is 0 Å². The van der Waals surface area contributed by atoms with Crippen LogP contribution in [0.15, 0.2) is 5.10 Å². The van der Waals surface area contributed by atoms with E-state index in [0.717, 1.165) is 0 Å². The molecule has 1 saturated heterocycles. The summed E-state index contributed by atoms with van der Waals surface area (Å²) in [6.45, 7) is 7.06. The average Bonchev–Trinajstić information content (AvgIpc) is 2.57. The van der Waals surface area contributed by atoms with E-state index < -0.39 is 23.0 Å². The first-order chi connectivity index (χ1) is 9.63. The number of nitrogens with one attached hydrogen (secondary N) is 1. The number of ether oxygens (including phenoxy) is 2. The molecule has 1 fully saturated rings. The second-order valence-electron chi connectivity index (χ2n) is 5.63. The molecular formula is C13H21N3O4S. The number of hydrogen-bond donors (Lipinski definition) is 2. The van der Waals surface area contributed by atoms with Gasteiger partial charge in [0, 0.05) is 18.6 Å². The molecule has 1 aliphatic heterocycles. The quantitative estimate of drug-likeness (QED) is 0.255. The Bertz CT molecular complexity index is 490. The fraction of sp³-hybridized carbons (Fsp3) is 0.692. The second-order valence-corrected chi connectivity index (χ2v) is 6.07. The Labute approximate surface area is 129 Å². The monoisotopic (exact) mass is 315 g/mol. The molecule has 8 heteroatoms. The van der Waals surface area contributed by atoms with E-state index in [4.69, 9.17) is 15.2 Å². The van der Waals surface area contributed by atoms with Gasteiger partial charge in [0.2, 0.25) is 0 Å². The highest BCUT2D eigenvalue weighted by atomic mass is 32.1. The number of hydrogen-bond acceptors (Lipinski definition) is 6. The van der Waals surface area contributed by atoms with E-state index in [1.54, 1.807) is 27.7 Å². The summed E-state index contributed by atoms with van der Waals surface area (Å²) >= 11 is 4.65. The summed E-state index contributed by atoms with van der Waals surface area (Å²) in [6, 6.07) is 0. The van der Waals surface area contributed by atoms with Crippen LogP contribution in [0.4, 0.5) is 0 Å². The molecule has 0 amide bonds. The van der Waals surface area contributed by atoms with E-state index in [1.165, 1.54) is 0 Å². The van der Waals surface area contributed by atoms with Crippen molar-refractivity contribution in [3.63, 3.8) is 0 Å². The van der Waals surface area contributed by atoms with Gasteiger partial charge in [-0.25, -0.2) is 0 Å². The third-order valence-electron chi connectivity index (χ3n) is 3.07. The number of nitrogens with zero attached hydrogens (tertiary/aromatic N) is 1. The van der Waals surface area contributed by atoms with Crippen LogP contribution in [0.5, 0.6) is 0 Å². The first-order valence-electron chi connectivity index (χ1n) is 6.62. The molecule has 1 unspecified atom stereocenters. The fourth-order valence-electron chi connectivity index (χ4n) is 2.44. The van der Waals surface area contributed by atoms with E-state index in [1.807, 2.05) is 0 Å². The molecule has 0 spiro atoms. The van der Waals surface area contributed by atoms with Crippen molar-refractivity contribution < 1.29 is 19.1 Å². The van der Waals surface area contributed by atoms with E-state index in [-0.39, 0.29) is 24.6 Å². The van der Waals surface area contributed by atoms with Gasteiger partial charge in [0.1, 0.15) is 5.60 Å². The number of carbonyl (C=O) groups excluding carboxylic acids is 2. The molecule has 1 atom stereocenters. The third-order valence-corrected chi connectivity index (χ3v) is 3.16. The Morgan fingerprint density at radius 3 is 2.62 bits per heavy atom. The van der Waals surface area contributed by atoms with Gasteiger partial charge >= 0.3 is 11.9 Å². The molecule has 0 bridgehead atoms. The van der Waals surface area contributed by atoms with Crippen molar-refractivity contribution in [2.75, 3.05) is 6.61 Å². The summed E-state index contributed by atoms with van der Waals surface area (Å²) in [6.07, 6.45) is 0.321. The van der Waals surface area contributed by atoms with Crippen LogP contribution in [-0.4, -0.2) is 35.0 Å².